The highest BCUT2D eigenvalue weighted by atomic mass is 16.5. The summed E-state index contributed by atoms with van der Waals surface area (Å²) in [5.74, 6) is 1.16. The lowest BCUT2D eigenvalue weighted by molar-refractivity contribution is 0.0162. The van der Waals surface area contributed by atoms with Crippen molar-refractivity contribution in [1.29, 1.82) is 0 Å². The second-order valence-electron chi connectivity index (χ2n) is 7.20. The van der Waals surface area contributed by atoms with Gasteiger partial charge >= 0.3 is 0 Å². The molecule has 0 bridgehead atoms. The van der Waals surface area contributed by atoms with Crippen molar-refractivity contribution in [3.8, 4) is 17.2 Å². The molecule has 30 heavy (non-hydrogen) atoms. The van der Waals surface area contributed by atoms with Gasteiger partial charge in [0.2, 0.25) is 5.75 Å². The number of ether oxygens (including phenoxy) is 4. The molecular weight excluding hydrogens is 384 g/mol. The number of rotatable bonds is 8. The number of benzene rings is 2. The van der Waals surface area contributed by atoms with Crippen LogP contribution in [0.5, 0.6) is 17.2 Å². The average Bonchev–Trinajstić information content (AvgIpc) is 2.79. The lowest BCUT2D eigenvalue weighted by Crippen LogP contribution is -2.43. The van der Waals surface area contributed by atoms with Crippen LogP contribution in [0.2, 0.25) is 0 Å². The Balaban J connectivity index is 1.79. The molecule has 2 aromatic carbocycles. The van der Waals surface area contributed by atoms with Crippen LogP contribution in [-0.2, 0) is 4.74 Å². The molecule has 0 spiro atoms. The smallest absolute Gasteiger partial charge is 0.251 e. The number of carbonyl (C=O) groups is 1. The Morgan fingerprint density at radius 1 is 1.03 bits per heavy atom. The van der Waals surface area contributed by atoms with Crippen molar-refractivity contribution in [1.82, 2.24) is 10.2 Å². The molecule has 7 heteroatoms. The van der Waals surface area contributed by atoms with Gasteiger partial charge in [0.05, 0.1) is 40.6 Å². The van der Waals surface area contributed by atoms with Crippen molar-refractivity contribution >= 4 is 5.91 Å². The van der Waals surface area contributed by atoms with Crippen molar-refractivity contribution in [2.75, 3.05) is 54.2 Å². The molecule has 1 fully saturated rings. The van der Waals surface area contributed by atoms with E-state index in [2.05, 4.69) is 41.4 Å². The van der Waals surface area contributed by atoms with E-state index >= 15 is 0 Å². The van der Waals surface area contributed by atoms with Crippen LogP contribution in [0.15, 0.2) is 36.4 Å². The first-order chi connectivity index (χ1) is 14.6. The maximum atomic E-state index is 12.9. The van der Waals surface area contributed by atoms with Gasteiger partial charge in [-0.2, -0.15) is 0 Å². The van der Waals surface area contributed by atoms with Crippen molar-refractivity contribution in [3.05, 3.63) is 53.1 Å². The maximum Gasteiger partial charge on any atom is 0.251 e. The number of amides is 1. The molecule has 2 aromatic rings. The van der Waals surface area contributed by atoms with E-state index in [9.17, 15) is 4.79 Å². The topological polar surface area (TPSA) is 69.3 Å². The summed E-state index contributed by atoms with van der Waals surface area (Å²) in [4.78, 5) is 15.3. The van der Waals surface area contributed by atoms with E-state index in [0.29, 0.717) is 42.6 Å². The summed E-state index contributed by atoms with van der Waals surface area (Å²) in [6.07, 6.45) is 0. The Labute approximate surface area is 177 Å². The van der Waals surface area contributed by atoms with Crippen LogP contribution in [0.25, 0.3) is 0 Å². The van der Waals surface area contributed by atoms with Crippen LogP contribution in [0.4, 0.5) is 0 Å². The Bertz CT molecular complexity index is 822. The van der Waals surface area contributed by atoms with E-state index < -0.39 is 0 Å². The third kappa shape index (κ3) is 5.04. The average molecular weight is 415 g/mol. The Kier molecular flexibility index (Phi) is 7.54. The van der Waals surface area contributed by atoms with Crippen molar-refractivity contribution in [2.45, 2.75) is 13.0 Å². The molecule has 1 saturated heterocycles. The summed E-state index contributed by atoms with van der Waals surface area (Å²) in [7, 11) is 4.60. The Hall–Kier alpha value is -2.77. The fourth-order valence-corrected chi connectivity index (χ4v) is 3.64. The largest absolute Gasteiger partial charge is 0.493 e. The number of hydrogen-bond acceptors (Lipinski definition) is 6. The minimum absolute atomic E-state index is 0.0699. The van der Waals surface area contributed by atoms with Crippen LogP contribution >= 0.6 is 0 Å². The Morgan fingerprint density at radius 3 is 2.17 bits per heavy atom. The number of morpholine rings is 1. The molecule has 0 aliphatic carbocycles. The number of aryl methyl sites for hydroxylation is 1. The van der Waals surface area contributed by atoms with Gasteiger partial charge in [0, 0.05) is 25.2 Å². The van der Waals surface area contributed by atoms with Gasteiger partial charge in [0.25, 0.3) is 5.91 Å². The molecule has 162 valence electrons. The van der Waals surface area contributed by atoms with Crippen LogP contribution in [-0.4, -0.2) is 65.0 Å². The number of methoxy groups -OCH3 is 3. The van der Waals surface area contributed by atoms with Gasteiger partial charge in [-0.3, -0.25) is 9.69 Å². The van der Waals surface area contributed by atoms with Crippen LogP contribution < -0.4 is 19.5 Å². The SMILES string of the molecule is COc1cc(C(=O)NC[C@H](c2ccc(C)cc2)N2CCOCC2)cc(OC)c1OC. The number of nitrogens with one attached hydrogen (secondary N) is 1. The molecule has 1 atom stereocenters. The van der Waals surface area contributed by atoms with Gasteiger partial charge in [0.1, 0.15) is 0 Å². The standard InChI is InChI=1S/C23H30N2O5/c1-16-5-7-17(8-6-16)19(25-9-11-30-12-10-25)15-24-23(26)18-13-20(27-2)22(29-4)21(14-18)28-3/h5-8,13-14,19H,9-12,15H2,1-4H3,(H,24,26)/t19-/m1/s1. The Morgan fingerprint density at radius 2 is 1.63 bits per heavy atom. The molecule has 1 heterocycles. The van der Waals surface area contributed by atoms with Gasteiger partial charge in [-0.15, -0.1) is 0 Å². The van der Waals surface area contributed by atoms with Crippen molar-refractivity contribution in [2.24, 2.45) is 0 Å². The van der Waals surface area contributed by atoms with E-state index in [-0.39, 0.29) is 11.9 Å². The third-order valence-electron chi connectivity index (χ3n) is 5.33. The molecule has 0 saturated carbocycles. The normalized spacial score (nSPS) is 15.3. The van der Waals surface area contributed by atoms with E-state index in [0.717, 1.165) is 13.1 Å². The summed E-state index contributed by atoms with van der Waals surface area (Å²) in [6.45, 7) is 5.61. The van der Waals surface area contributed by atoms with Gasteiger partial charge < -0.3 is 24.3 Å². The minimum atomic E-state index is -0.195. The molecule has 1 N–H and O–H groups in total. The van der Waals surface area contributed by atoms with E-state index in [1.165, 1.54) is 32.5 Å². The molecule has 0 unspecified atom stereocenters. The first-order valence-electron chi connectivity index (χ1n) is 10.0. The number of carbonyl (C=O) groups excluding carboxylic acids is 1. The lowest BCUT2D eigenvalue weighted by atomic mass is 10.0. The van der Waals surface area contributed by atoms with Crippen LogP contribution in [0.3, 0.4) is 0 Å². The van der Waals surface area contributed by atoms with Gasteiger partial charge in [-0.25, -0.2) is 0 Å². The zero-order chi connectivity index (χ0) is 21.5. The third-order valence-corrected chi connectivity index (χ3v) is 5.33. The number of nitrogens with zero attached hydrogens (tertiary/aromatic N) is 1. The molecular formula is C23H30N2O5. The zero-order valence-electron chi connectivity index (χ0n) is 18.1. The molecule has 7 nitrogen and oxygen atoms in total. The molecule has 0 aromatic heterocycles. The lowest BCUT2D eigenvalue weighted by Gasteiger charge is -2.35. The first kappa shape index (κ1) is 21.9. The zero-order valence-corrected chi connectivity index (χ0v) is 18.1. The van der Waals surface area contributed by atoms with Crippen molar-refractivity contribution in [3.63, 3.8) is 0 Å². The highest BCUT2D eigenvalue weighted by Crippen LogP contribution is 2.38. The molecule has 1 aliphatic heterocycles. The highest BCUT2D eigenvalue weighted by molar-refractivity contribution is 5.95. The molecule has 0 radical (unpaired) electrons. The summed E-state index contributed by atoms with van der Waals surface area (Å²) < 4.78 is 21.6. The summed E-state index contributed by atoms with van der Waals surface area (Å²) in [5.41, 5.74) is 2.84. The van der Waals surface area contributed by atoms with E-state index in [1.54, 1.807) is 12.1 Å². The maximum absolute atomic E-state index is 12.9. The summed E-state index contributed by atoms with van der Waals surface area (Å²) in [5, 5.41) is 3.08. The first-order valence-corrected chi connectivity index (χ1v) is 10.0. The summed E-state index contributed by atoms with van der Waals surface area (Å²) in [6, 6.07) is 11.8. The number of hydrogen-bond donors (Lipinski definition) is 1. The monoisotopic (exact) mass is 414 g/mol. The van der Waals surface area contributed by atoms with E-state index in [4.69, 9.17) is 18.9 Å². The predicted octanol–water partition coefficient (Wildman–Crippen LogP) is 2.82. The quantitative estimate of drug-likeness (QED) is 0.716. The highest BCUT2D eigenvalue weighted by Gasteiger charge is 2.24. The minimum Gasteiger partial charge on any atom is -0.493 e. The van der Waals surface area contributed by atoms with Gasteiger partial charge in [-0.05, 0) is 24.6 Å². The summed E-state index contributed by atoms with van der Waals surface area (Å²) >= 11 is 0. The molecule has 1 amide bonds. The second-order valence-corrected chi connectivity index (χ2v) is 7.20. The molecule has 1 aliphatic rings. The predicted molar refractivity (Wildman–Crippen MR) is 115 cm³/mol. The second kappa shape index (κ2) is 10.3. The fraction of sp³-hybridized carbons (Fsp3) is 0.435. The molecule has 3 rings (SSSR count). The van der Waals surface area contributed by atoms with Crippen LogP contribution in [0.1, 0.15) is 27.5 Å². The van der Waals surface area contributed by atoms with Crippen LogP contribution in [0, 0.1) is 6.92 Å². The fourth-order valence-electron chi connectivity index (χ4n) is 3.64. The van der Waals surface area contributed by atoms with Gasteiger partial charge in [-0.1, -0.05) is 29.8 Å². The van der Waals surface area contributed by atoms with E-state index in [1.807, 2.05) is 0 Å². The van der Waals surface area contributed by atoms with Crippen molar-refractivity contribution < 1.29 is 23.7 Å². The van der Waals surface area contributed by atoms with Gasteiger partial charge in [0.15, 0.2) is 11.5 Å².